The Labute approximate surface area is 181 Å². The maximum Gasteiger partial charge on any atom is 0.416 e. The first-order chi connectivity index (χ1) is 14.7. The highest BCUT2D eigenvalue weighted by Gasteiger charge is 2.30. The minimum Gasteiger partial charge on any atom is -0.312 e. The highest BCUT2D eigenvalue weighted by molar-refractivity contribution is 5.98. The van der Waals surface area contributed by atoms with Crippen LogP contribution >= 0.6 is 0 Å². The van der Waals surface area contributed by atoms with Crippen molar-refractivity contribution in [2.45, 2.75) is 39.3 Å². The van der Waals surface area contributed by atoms with Crippen LogP contribution in [0.2, 0.25) is 0 Å². The molecule has 2 nitrogen and oxygen atoms in total. The summed E-state index contributed by atoms with van der Waals surface area (Å²) in [6, 6.07) is 20.6. The number of alkyl halides is 3. The van der Waals surface area contributed by atoms with Gasteiger partial charge >= 0.3 is 6.18 Å². The summed E-state index contributed by atoms with van der Waals surface area (Å²) in [5.74, 6) is -0.378. The number of carbonyl (C=O) groups is 1. The van der Waals surface area contributed by atoms with Crippen LogP contribution in [0.4, 0.5) is 18.9 Å². The number of benzene rings is 3. The molecule has 0 aliphatic carbocycles. The second-order valence-corrected chi connectivity index (χ2v) is 7.84. The molecule has 5 heteroatoms. The second-order valence-electron chi connectivity index (χ2n) is 7.84. The quantitative estimate of drug-likeness (QED) is 0.430. The van der Waals surface area contributed by atoms with E-state index in [0.29, 0.717) is 13.0 Å². The zero-order valence-electron chi connectivity index (χ0n) is 17.9. The normalized spacial score (nSPS) is 12.5. The fourth-order valence-electron chi connectivity index (χ4n) is 3.48. The minimum atomic E-state index is -4.36. The lowest BCUT2D eigenvalue weighted by Crippen LogP contribution is -2.36. The molecule has 1 unspecified atom stereocenters. The third-order valence-corrected chi connectivity index (χ3v) is 5.64. The lowest BCUT2D eigenvalue weighted by atomic mass is 9.98. The molecule has 31 heavy (non-hydrogen) atoms. The summed E-state index contributed by atoms with van der Waals surface area (Å²) in [5, 5.41) is 0. The van der Waals surface area contributed by atoms with Crippen LogP contribution in [-0.2, 0) is 17.4 Å². The van der Waals surface area contributed by atoms with E-state index in [4.69, 9.17) is 0 Å². The van der Waals surface area contributed by atoms with Crippen molar-refractivity contribution >= 4 is 11.6 Å². The highest BCUT2D eigenvalue weighted by Crippen LogP contribution is 2.29. The number of carbonyl (C=O) groups excluding carboxylic acids is 1. The molecule has 0 saturated heterocycles. The zero-order valence-corrected chi connectivity index (χ0v) is 17.9. The van der Waals surface area contributed by atoms with Gasteiger partial charge in [0.2, 0.25) is 5.91 Å². The van der Waals surface area contributed by atoms with Crippen LogP contribution < -0.4 is 4.90 Å². The van der Waals surface area contributed by atoms with Crippen molar-refractivity contribution in [3.8, 4) is 0 Å². The van der Waals surface area contributed by atoms with Crippen molar-refractivity contribution in [3.63, 3.8) is 0 Å². The second kappa shape index (κ2) is 9.38. The van der Waals surface area contributed by atoms with E-state index in [1.807, 2.05) is 69.3 Å². The van der Waals surface area contributed by atoms with Crippen LogP contribution in [0, 0.1) is 13.8 Å². The van der Waals surface area contributed by atoms with Gasteiger partial charge in [-0.05, 0) is 73.7 Å². The van der Waals surface area contributed by atoms with E-state index in [1.165, 1.54) is 12.1 Å². The molecule has 0 saturated carbocycles. The van der Waals surface area contributed by atoms with Gasteiger partial charge in [0.15, 0.2) is 0 Å². The van der Waals surface area contributed by atoms with E-state index in [9.17, 15) is 18.0 Å². The summed E-state index contributed by atoms with van der Waals surface area (Å²) in [5.41, 5.74) is 4.02. The van der Waals surface area contributed by atoms with E-state index in [1.54, 1.807) is 4.90 Å². The fraction of sp³-hybridized carbons (Fsp3) is 0.269. The third-order valence-electron chi connectivity index (χ3n) is 5.64. The number of hydrogen-bond donors (Lipinski definition) is 0. The van der Waals surface area contributed by atoms with Crippen molar-refractivity contribution in [3.05, 3.63) is 101 Å². The number of rotatable bonds is 6. The first-order valence-corrected chi connectivity index (χ1v) is 10.3. The van der Waals surface area contributed by atoms with Gasteiger partial charge in [-0.2, -0.15) is 13.2 Å². The molecule has 0 fully saturated rings. The topological polar surface area (TPSA) is 20.3 Å². The van der Waals surface area contributed by atoms with Crippen LogP contribution in [0.15, 0.2) is 72.8 Å². The summed E-state index contributed by atoms with van der Waals surface area (Å²) < 4.78 is 38.5. The molecule has 3 aromatic rings. The van der Waals surface area contributed by atoms with Gasteiger partial charge in [0.1, 0.15) is 0 Å². The lowest BCUT2D eigenvalue weighted by Gasteiger charge is -2.27. The van der Waals surface area contributed by atoms with Gasteiger partial charge in [-0.1, -0.05) is 48.5 Å². The van der Waals surface area contributed by atoms with Crippen molar-refractivity contribution < 1.29 is 18.0 Å². The van der Waals surface area contributed by atoms with Crippen molar-refractivity contribution in [2.24, 2.45) is 0 Å². The molecule has 162 valence electrons. The summed E-state index contributed by atoms with van der Waals surface area (Å²) in [4.78, 5) is 15.2. The first kappa shape index (κ1) is 22.6. The summed E-state index contributed by atoms with van der Waals surface area (Å²) in [6.07, 6.45) is -3.90. The van der Waals surface area contributed by atoms with E-state index in [-0.39, 0.29) is 11.8 Å². The predicted molar refractivity (Wildman–Crippen MR) is 118 cm³/mol. The van der Waals surface area contributed by atoms with Crippen molar-refractivity contribution in [2.75, 3.05) is 11.4 Å². The van der Waals surface area contributed by atoms with Crippen LogP contribution in [0.25, 0.3) is 0 Å². The Balaban J connectivity index is 1.85. The number of anilines is 1. The number of hydrogen-bond acceptors (Lipinski definition) is 1. The molecular formula is C26H26F3NO. The minimum absolute atomic E-state index is 0.0404. The Bertz CT molecular complexity index is 1030. The predicted octanol–water partition coefficient (Wildman–Crippen LogP) is 6.70. The molecule has 1 amide bonds. The Morgan fingerprint density at radius 1 is 0.903 bits per heavy atom. The number of halogens is 3. The molecule has 3 aromatic carbocycles. The average Bonchev–Trinajstić information content (AvgIpc) is 2.76. The molecular weight excluding hydrogens is 399 g/mol. The standard InChI is InChI=1S/C26H26F3NO/c1-18-9-14-24(17-19(18)2)30(25(31)20(3)22-7-5-4-6-8-22)16-15-21-10-12-23(13-11-21)26(27,28)29/h4-14,17,20H,15-16H2,1-3H3. The monoisotopic (exact) mass is 425 g/mol. The molecule has 0 heterocycles. The maximum atomic E-state index is 13.4. The van der Waals surface area contributed by atoms with Gasteiger partial charge in [0.25, 0.3) is 0 Å². The number of nitrogens with zero attached hydrogens (tertiary/aromatic N) is 1. The van der Waals surface area contributed by atoms with Gasteiger partial charge in [-0.25, -0.2) is 0 Å². The largest absolute Gasteiger partial charge is 0.416 e. The van der Waals surface area contributed by atoms with Gasteiger partial charge in [-0.3, -0.25) is 4.79 Å². The van der Waals surface area contributed by atoms with E-state index >= 15 is 0 Å². The maximum absolute atomic E-state index is 13.4. The zero-order chi connectivity index (χ0) is 22.6. The SMILES string of the molecule is Cc1ccc(N(CCc2ccc(C(F)(F)F)cc2)C(=O)C(C)c2ccccc2)cc1C. The van der Waals surface area contributed by atoms with Crippen molar-refractivity contribution in [1.82, 2.24) is 0 Å². The third kappa shape index (κ3) is 5.54. The van der Waals surface area contributed by atoms with Crippen LogP contribution in [0.3, 0.4) is 0 Å². The average molecular weight is 425 g/mol. The van der Waals surface area contributed by atoms with E-state index in [2.05, 4.69) is 0 Å². The summed E-state index contributed by atoms with van der Waals surface area (Å²) in [7, 11) is 0. The van der Waals surface area contributed by atoms with Crippen LogP contribution in [0.5, 0.6) is 0 Å². The van der Waals surface area contributed by atoms with Crippen LogP contribution in [-0.4, -0.2) is 12.5 Å². The molecule has 0 radical (unpaired) electrons. The molecule has 0 N–H and O–H groups in total. The molecule has 3 rings (SSSR count). The van der Waals surface area contributed by atoms with Gasteiger partial charge in [0, 0.05) is 12.2 Å². The Kier molecular flexibility index (Phi) is 6.84. The molecule has 0 aromatic heterocycles. The van der Waals surface area contributed by atoms with Gasteiger partial charge in [-0.15, -0.1) is 0 Å². The Hall–Kier alpha value is -3.08. The molecule has 0 aliphatic rings. The molecule has 0 spiro atoms. The molecule has 1 atom stereocenters. The smallest absolute Gasteiger partial charge is 0.312 e. The summed E-state index contributed by atoms with van der Waals surface area (Å²) >= 11 is 0. The molecule has 0 aliphatic heterocycles. The van der Waals surface area contributed by atoms with Crippen LogP contribution in [0.1, 0.15) is 40.7 Å². The number of amides is 1. The van der Waals surface area contributed by atoms with E-state index in [0.717, 1.165) is 40.1 Å². The highest BCUT2D eigenvalue weighted by atomic mass is 19.4. The van der Waals surface area contributed by atoms with Crippen molar-refractivity contribution in [1.29, 1.82) is 0 Å². The lowest BCUT2D eigenvalue weighted by molar-refractivity contribution is -0.137. The van der Waals surface area contributed by atoms with E-state index < -0.39 is 11.7 Å². The Morgan fingerprint density at radius 3 is 2.13 bits per heavy atom. The fourth-order valence-corrected chi connectivity index (χ4v) is 3.48. The van der Waals surface area contributed by atoms with Gasteiger partial charge in [0.05, 0.1) is 11.5 Å². The number of aryl methyl sites for hydroxylation is 2. The first-order valence-electron chi connectivity index (χ1n) is 10.3. The summed E-state index contributed by atoms with van der Waals surface area (Å²) in [6.45, 7) is 6.27. The van der Waals surface area contributed by atoms with Gasteiger partial charge < -0.3 is 4.90 Å². The Morgan fingerprint density at radius 2 is 1.55 bits per heavy atom. The molecule has 0 bridgehead atoms.